The molecule has 0 saturated heterocycles. The maximum atomic E-state index is 5.97. The van der Waals surface area contributed by atoms with Crippen LogP contribution in [0.15, 0.2) is 35.1 Å². The van der Waals surface area contributed by atoms with Crippen molar-refractivity contribution in [1.82, 2.24) is 20.1 Å². The van der Waals surface area contributed by atoms with Crippen LogP contribution in [0.4, 0.5) is 0 Å². The topological polar surface area (TPSA) is 90.7 Å². The Balaban J connectivity index is 1.94. The Hall–Kier alpha value is -2.34. The Morgan fingerprint density at radius 1 is 1.20 bits per heavy atom. The Morgan fingerprint density at radius 2 is 2.00 bits per heavy atom. The van der Waals surface area contributed by atoms with Crippen LogP contribution in [-0.2, 0) is 0 Å². The number of fused-ring (bicyclic) bond motifs is 1. The molecule has 6 heteroatoms. The standard InChI is InChI=1S/C14H15N5O/c1-2-3-10(15)14-18-13(19-20-14)9-4-5-11-12(8-9)17-7-6-16-11/h4-8,10H,2-3,15H2,1H3. The summed E-state index contributed by atoms with van der Waals surface area (Å²) in [7, 11) is 0. The van der Waals surface area contributed by atoms with Crippen molar-refractivity contribution in [3.8, 4) is 11.4 Å². The molecule has 0 radical (unpaired) electrons. The first-order chi connectivity index (χ1) is 9.78. The van der Waals surface area contributed by atoms with Crippen molar-refractivity contribution in [3.63, 3.8) is 0 Å². The van der Waals surface area contributed by atoms with Gasteiger partial charge in [0.15, 0.2) is 0 Å². The summed E-state index contributed by atoms with van der Waals surface area (Å²) in [4.78, 5) is 12.8. The van der Waals surface area contributed by atoms with Crippen LogP contribution in [0.3, 0.4) is 0 Å². The second kappa shape index (κ2) is 5.34. The summed E-state index contributed by atoms with van der Waals surface area (Å²) >= 11 is 0. The average Bonchev–Trinajstić information content (AvgIpc) is 2.97. The van der Waals surface area contributed by atoms with E-state index >= 15 is 0 Å². The van der Waals surface area contributed by atoms with Gasteiger partial charge in [-0.05, 0) is 24.6 Å². The molecule has 0 saturated carbocycles. The molecule has 2 N–H and O–H groups in total. The highest BCUT2D eigenvalue weighted by Crippen LogP contribution is 2.22. The molecule has 20 heavy (non-hydrogen) atoms. The molecule has 6 nitrogen and oxygen atoms in total. The molecule has 1 unspecified atom stereocenters. The van der Waals surface area contributed by atoms with Gasteiger partial charge >= 0.3 is 0 Å². The third-order valence-corrected chi connectivity index (χ3v) is 3.09. The van der Waals surface area contributed by atoms with Gasteiger partial charge in [0.25, 0.3) is 0 Å². The van der Waals surface area contributed by atoms with Gasteiger partial charge in [-0.15, -0.1) is 0 Å². The lowest BCUT2D eigenvalue weighted by atomic mass is 10.1. The van der Waals surface area contributed by atoms with Gasteiger partial charge in [0.1, 0.15) is 0 Å². The van der Waals surface area contributed by atoms with Crippen LogP contribution in [0.1, 0.15) is 31.7 Å². The van der Waals surface area contributed by atoms with E-state index in [1.165, 1.54) is 0 Å². The van der Waals surface area contributed by atoms with Crippen LogP contribution >= 0.6 is 0 Å². The lowest BCUT2D eigenvalue weighted by Crippen LogP contribution is -2.09. The van der Waals surface area contributed by atoms with Gasteiger partial charge in [0, 0.05) is 18.0 Å². The first kappa shape index (κ1) is 12.7. The molecule has 3 rings (SSSR count). The SMILES string of the molecule is CCCC(N)c1nc(-c2ccc3nccnc3c2)no1. The molecule has 0 amide bonds. The van der Waals surface area contributed by atoms with E-state index in [4.69, 9.17) is 10.3 Å². The lowest BCUT2D eigenvalue weighted by molar-refractivity contribution is 0.348. The van der Waals surface area contributed by atoms with Gasteiger partial charge in [0.05, 0.1) is 17.1 Å². The first-order valence-electron chi connectivity index (χ1n) is 6.58. The molecule has 0 aliphatic carbocycles. The molecule has 0 aliphatic heterocycles. The van der Waals surface area contributed by atoms with Gasteiger partial charge in [0.2, 0.25) is 11.7 Å². The zero-order valence-electron chi connectivity index (χ0n) is 11.2. The molecular formula is C14H15N5O. The molecule has 3 aromatic rings. The van der Waals surface area contributed by atoms with Crippen LogP contribution in [-0.4, -0.2) is 20.1 Å². The van der Waals surface area contributed by atoms with Crippen LogP contribution < -0.4 is 5.73 Å². The Labute approximate surface area is 116 Å². The molecule has 0 fully saturated rings. The smallest absolute Gasteiger partial charge is 0.243 e. The zero-order chi connectivity index (χ0) is 13.9. The summed E-state index contributed by atoms with van der Waals surface area (Å²) in [6.07, 6.45) is 5.12. The summed E-state index contributed by atoms with van der Waals surface area (Å²) in [6, 6.07) is 5.47. The molecule has 102 valence electrons. The van der Waals surface area contributed by atoms with E-state index in [0.717, 1.165) is 29.4 Å². The summed E-state index contributed by atoms with van der Waals surface area (Å²) in [6.45, 7) is 2.07. The third kappa shape index (κ3) is 2.37. The van der Waals surface area contributed by atoms with Crippen molar-refractivity contribution in [3.05, 3.63) is 36.5 Å². The number of benzene rings is 1. The van der Waals surface area contributed by atoms with Gasteiger partial charge in [-0.1, -0.05) is 18.5 Å². The van der Waals surface area contributed by atoms with E-state index in [2.05, 4.69) is 27.0 Å². The quantitative estimate of drug-likeness (QED) is 0.782. The van der Waals surface area contributed by atoms with Gasteiger partial charge in [-0.3, -0.25) is 9.97 Å². The largest absolute Gasteiger partial charge is 0.337 e. The highest BCUT2D eigenvalue weighted by atomic mass is 16.5. The molecule has 0 spiro atoms. The number of rotatable bonds is 4. The van der Waals surface area contributed by atoms with Crippen molar-refractivity contribution in [1.29, 1.82) is 0 Å². The van der Waals surface area contributed by atoms with Crippen molar-refractivity contribution in [2.45, 2.75) is 25.8 Å². The number of hydrogen-bond acceptors (Lipinski definition) is 6. The number of aromatic nitrogens is 4. The van der Waals surface area contributed by atoms with E-state index in [-0.39, 0.29) is 6.04 Å². The van der Waals surface area contributed by atoms with Crippen molar-refractivity contribution in [2.24, 2.45) is 5.73 Å². The second-order valence-corrected chi connectivity index (χ2v) is 4.61. The van der Waals surface area contributed by atoms with E-state index < -0.39 is 0 Å². The predicted octanol–water partition coefficient (Wildman–Crippen LogP) is 2.48. The molecule has 2 heterocycles. The Morgan fingerprint density at radius 3 is 2.80 bits per heavy atom. The monoisotopic (exact) mass is 269 g/mol. The summed E-state index contributed by atoms with van der Waals surface area (Å²) < 4.78 is 5.22. The van der Waals surface area contributed by atoms with Gasteiger partial charge in [-0.2, -0.15) is 4.98 Å². The molecule has 0 bridgehead atoms. The fraction of sp³-hybridized carbons (Fsp3) is 0.286. The van der Waals surface area contributed by atoms with Gasteiger partial charge in [-0.25, -0.2) is 0 Å². The van der Waals surface area contributed by atoms with E-state index in [1.54, 1.807) is 12.4 Å². The third-order valence-electron chi connectivity index (χ3n) is 3.09. The minimum atomic E-state index is -0.207. The van der Waals surface area contributed by atoms with Crippen LogP contribution in [0, 0.1) is 0 Å². The highest BCUT2D eigenvalue weighted by Gasteiger charge is 2.15. The fourth-order valence-electron chi connectivity index (χ4n) is 2.04. The normalized spacial score (nSPS) is 12.7. The first-order valence-corrected chi connectivity index (χ1v) is 6.58. The maximum Gasteiger partial charge on any atom is 0.243 e. The summed E-state index contributed by atoms with van der Waals surface area (Å²) in [5.74, 6) is 1.00. The van der Waals surface area contributed by atoms with E-state index in [9.17, 15) is 0 Å². The Kier molecular flexibility index (Phi) is 3.39. The van der Waals surface area contributed by atoms with E-state index in [1.807, 2.05) is 18.2 Å². The van der Waals surface area contributed by atoms with Crippen molar-refractivity contribution in [2.75, 3.05) is 0 Å². The molecule has 2 aromatic heterocycles. The van der Waals surface area contributed by atoms with Gasteiger partial charge < -0.3 is 10.3 Å². The maximum absolute atomic E-state index is 5.97. The fourth-order valence-corrected chi connectivity index (χ4v) is 2.04. The summed E-state index contributed by atoms with van der Waals surface area (Å²) in [5.41, 5.74) is 8.45. The lowest BCUT2D eigenvalue weighted by Gasteiger charge is -2.02. The van der Waals surface area contributed by atoms with E-state index in [0.29, 0.717) is 11.7 Å². The molecule has 0 aliphatic rings. The molecule has 1 atom stereocenters. The zero-order valence-corrected chi connectivity index (χ0v) is 11.2. The summed E-state index contributed by atoms with van der Waals surface area (Å²) in [5, 5.41) is 3.98. The Bertz CT molecular complexity index is 724. The number of nitrogens with zero attached hydrogens (tertiary/aromatic N) is 4. The van der Waals surface area contributed by atoms with Crippen LogP contribution in [0.2, 0.25) is 0 Å². The predicted molar refractivity (Wildman–Crippen MR) is 74.7 cm³/mol. The van der Waals surface area contributed by atoms with Crippen LogP contribution in [0.25, 0.3) is 22.4 Å². The highest BCUT2D eigenvalue weighted by molar-refractivity contribution is 5.79. The van der Waals surface area contributed by atoms with Crippen molar-refractivity contribution >= 4 is 11.0 Å². The average molecular weight is 269 g/mol. The van der Waals surface area contributed by atoms with Crippen molar-refractivity contribution < 1.29 is 4.52 Å². The molecule has 1 aromatic carbocycles. The molecular weight excluding hydrogens is 254 g/mol. The number of nitrogens with two attached hydrogens (primary N) is 1. The minimum absolute atomic E-state index is 0.207. The van der Waals surface area contributed by atoms with Crippen LogP contribution in [0.5, 0.6) is 0 Å². The second-order valence-electron chi connectivity index (χ2n) is 4.61. The minimum Gasteiger partial charge on any atom is -0.337 e. The number of hydrogen-bond donors (Lipinski definition) is 1.